The zero-order chi connectivity index (χ0) is 22.7. The number of rotatable bonds is 5. The zero-order valence-electron chi connectivity index (χ0n) is 17.1. The highest BCUT2D eigenvalue weighted by Crippen LogP contribution is 2.20. The largest absolute Gasteiger partial charge is 0.358 e. The Labute approximate surface area is 192 Å². The molecule has 0 radical (unpaired) electrons. The molecular formula is C23H19BrFN5O2. The summed E-state index contributed by atoms with van der Waals surface area (Å²) in [4.78, 5) is 35.9. The molecule has 32 heavy (non-hydrogen) atoms. The van der Waals surface area contributed by atoms with Crippen molar-refractivity contribution in [2.24, 2.45) is 4.99 Å². The zero-order valence-corrected chi connectivity index (χ0v) is 18.7. The summed E-state index contributed by atoms with van der Waals surface area (Å²) in [6.07, 6.45) is 1.56. The molecule has 2 aromatic carbocycles. The molecule has 9 heteroatoms. The maximum absolute atomic E-state index is 14.7. The summed E-state index contributed by atoms with van der Waals surface area (Å²) in [7, 11) is 1.89. The van der Waals surface area contributed by atoms with Gasteiger partial charge in [0.05, 0.1) is 23.4 Å². The summed E-state index contributed by atoms with van der Waals surface area (Å²) in [5.41, 5.74) is 0.973. The van der Waals surface area contributed by atoms with Crippen LogP contribution in [0.4, 0.5) is 15.9 Å². The van der Waals surface area contributed by atoms with Gasteiger partial charge in [0.15, 0.2) is 0 Å². The molecule has 7 nitrogen and oxygen atoms in total. The second-order valence-corrected chi connectivity index (χ2v) is 8.05. The molecule has 0 fully saturated rings. The van der Waals surface area contributed by atoms with E-state index in [1.807, 2.05) is 11.9 Å². The van der Waals surface area contributed by atoms with Gasteiger partial charge >= 0.3 is 0 Å². The summed E-state index contributed by atoms with van der Waals surface area (Å²) in [6.45, 7) is 1.43. The van der Waals surface area contributed by atoms with Crippen LogP contribution in [0.2, 0.25) is 0 Å². The lowest BCUT2D eigenvalue weighted by molar-refractivity contribution is 0.102. The Morgan fingerprint density at radius 2 is 1.81 bits per heavy atom. The van der Waals surface area contributed by atoms with E-state index in [0.717, 1.165) is 11.0 Å². The highest BCUT2D eigenvalue weighted by Gasteiger charge is 2.20. The Hall–Kier alpha value is -3.59. The van der Waals surface area contributed by atoms with Gasteiger partial charge in [-0.15, -0.1) is 0 Å². The van der Waals surface area contributed by atoms with Crippen molar-refractivity contribution in [1.29, 1.82) is 0 Å². The van der Waals surface area contributed by atoms with Crippen LogP contribution in [-0.4, -0.2) is 47.7 Å². The molecule has 0 unspecified atom stereocenters. The van der Waals surface area contributed by atoms with E-state index in [1.54, 1.807) is 48.7 Å². The van der Waals surface area contributed by atoms with Crippen LogP contribution in [0.3, 0.4) is 0 Å². The lowest BCUT2D eigenvalue weighted by atomic mass is 10.1. The van der Waals surface area contributed by atoms with Crippen molar-refractivity contribution in [2.75, 3.05) is 30.8 Å². The smallest absolute Gasteiger partial charge is 0.258 e. The third-order valence-electron chi connectivity index (χ3n) is 4.92. The number of hydrogen-bond donors (Lipinski definition) is 2. The van der Waals surface area contributed by atoms with Gasteiger partial charge in [-0.3, -0.25) is 14.6 Å². The summed E-state index contributed by atoms with van der Waals surface area (Å²) >= 11 is 3.29. The Morgan fingerprint density at radius 3 is 2.50 bits per heavy atom. The number of para-hydroxylation sites is 1. The molecular weight excluding hydrogens is 477 g/mol. The van der Waals surface area contributed by atoms with Crippen LogP contribution in [0.1, 0.15) is 26.3 Å². The number of likely N-dealkylation sites (N-methyl/N-ethyl adjacent to an activating group) is 1. The second-order valence-electron chi connectivity index (χ2n) is 7.14. The van der Waals surface area contributed by atoms with Gasteiger partial charge in [-0.2, -0.15) is 0 Å². The highest BCUT2D eigenvalue weighted by atomic mass is 79.9. The summed E-state index contributed by atoms with van der Waals surface area (Å²) in [5, 5.41) is 5.31. The van der Waals surface area contributed by atoms with Gasteiger partial charge < -0.3 is 15.5 Å². The molecule has 2 heterocycles. The third-order valence-corrected chi connectivity index (χ3v) is 5.39. The van der Waals surface area contributed by atoms with Gasteiger partial charge in [-0.25, -0.2) is 9.37 Å². The van der Waals surface area contributed by atoms with E-state index in [4.69, 9.17) is 0 Å². The first-order valence-corrected chi connectivity index (χ1v) is 10.6. The fourth-order valence-corrected chi connectivity index (χ4v) is 3.53. The molecule has 0 spiro atoms. The van der Waals surface area contributed by atoms with Gasteiger partial charge in [0.1, 0.15) is 17.5 Å². The number of pyridine rings is 1. The minimum atomic E-state index is -0.663. The molecule has 2 amide bonds. The third kappa shape index (κ3) is 4.67. The van der Waals surface area contributed by atoms with Crippen LogP contribution >= 0.6 is 15.9 Å². The number of amides is 2. The lowest BCUT2D eigenvalue weighted by Crippen LogP contribution is -2.24. The molecule has 1 aromatic heterocycles. The number of halogens is 2. The van der Waals surface area contributed by atoms with Gasteiger partial charge in [0, 0.05) is 29.8 Å². The Bertz CT molecular complexity index is 1210. The number of carbonyl (C=O) groups excluding carboxylic acids is 2. The number of aromatic nitrogens is 1. The number of benzene rings is 2. The standard InChI is InChI=1S/C23H19BrFN5O2/c1-30-11-10-26-21(30)14-6-8-16(18(25)12-14)22(31)28-19-5-3-2-4-17(19)23(32)29-20-9-7-15(24)13-27-20/h2-9,12-13H,10-11H2,1H3,(H,28,31)(H,27,29,32). The molecule has 2 N–H and O–H groups in total. The Kier molecular flexibility index (Phi) is 6.27. The Balaban J connectivity index is 1.52. The molecule has 0 aliphatic carbocycles. The number of aliphatic imine (C=N–C) groups is 1. The SMILES string of the molecule is CN1CCN=C1c1ccc(C(=O)Nc2ccccc2C(=O)Nc2ccc(Br)cn2)c(F)c1. The van der Waals surface area contributed by atoms with Gasteiger partial charge in [0.25, 0.3) is 11.8 Å². The molecule has 4 rings (SSSR count). The van der Waals surface area contributed by atoms with E-state index in [1.165, 1.54) is 12.1 Å². The first-order valence-electron chi connectivity index (χ1n) is 9.81. The summed E-state index contributed by atoms with van der Waals surface area (Å²) in [6, 6.07) is 14.3. The second kappa shape index (κ2) is 9.27. The number of nitrogens with zero attached hydrogens (tertiary/aromatic N) is 3. The molecule has 0 atom stereocenters. The molecule has 162 valence electrons. The maximum atomic E-state index is 14.7. The van der Waals surface area contributed by atoms with Crippen LogP contribution < -0.4 is 10.6 Å². The van der Waals surface area contributed by atoms with E-state index >= 15 is 0 Å². The van der Waals surface area contributed by atoms with Gasteiger partial charge in [0.2, 0.25) is 0 Å². The van der Waals surface area contributed by atoms with Crippen LogP contribution in [0.5, 0.6) is 0 Å². The maximum Gasteiger partial charge on any atom is 0.258 e. The average Bonchev–Trinajstić information content (AvgIpc) is 3.21. The van der Waals surface area contributed by atoms with E-state index in [-0.39, 0.29) is 16.8 Å². The van der Waals surface area contributed by atoms with Crippen LogP contribution in [0.15, 0.2) is 70.3 Å². The minimum Gasteiger partial charge on any atom is -0.358 e. The van der Waals surface area contributed by atoms with Crippen molar-refractivity contribution >= 4 is 45.1 Å². The highest BCUT2D eigenvalue weighted by molar-refractivity contribution is 9.10. The molecule has 3 aromatic rings. The van der Waals surface area contributed by atoms with Crippen molar-refractivity contribution in [3.63, 3.8) is 0 Å². The molecule has 0 saturated carbocycles. The van der Waals surface area contributed by atoms with Gasteiger partial charge in [-0.05, 0) is 52.3 Å². The topological polar surface area (TPSA) is 86.7 Å². The van der Waals surface area contributed by atoms with Crippen LogP contribution in [0, 0.1) is 5.82 Å². The average molecular weight is 496 g/mol. The minimum absolute atomic E-state index is 0.125. The van der Waals surface area contributed by atoms with Crippen LogP contribution in [-0.2, 0) is 0 Å². The molecule has 1 aliphatic heterocycles. The predicted molar refractivity (Wildman–Crippen MR) is 125 cm³/mol. The number of carbonyl (C=O) groups is 2. The van der Waals surface area contributed by atoms with E-state index in [9.17, 15) is 14.0 Å². The van der Waals surface area contributed by atoms with E-state index < -0.39 is 17.6 Å². The van der Waals surface area contributed by atoms with Crippen molar-refractivity contribution in [1.82, 2.24) is 9.88 Å². The number of nitrogens with one attached hydrogen (secondary N) is 2. The van der Waals surface area contributed by atoms with E-state index in [2.05, 4.69) is 36.5 Å². The first-order chi connectivity index (χ1) is 15.4. The molecule has 0 saturated heterocycles. The lowest BCUT2D eigenvalue weighted by Gasteiger charge is -2.15. The van der Waals surface area contributed by atoms with Gasteiger partial charge in [-0.1, -0.05) is 18.2 Å². The van der Waals surface area contributed by atoms with Crippen molar-refractivity contribution < 1.29 is 14.0 Å². The molecule has 0 bridgehead atoms. The first kappa shape index (κ1) is 21.6. The number of amidine groups is 1. The summed E-state index contributed by atoms with van der Waals surface area (Å²) < 4.78 is 15.5. The Morgan fingerprint density at radius 1 is 1.03 bits per heavy atom. The van der Waals surface area contributed by atoms with Crippen molar-refractivity contribution in [3.05, 3.63) is 87.8 Å². The fraction of sp³-hybridized carbons (Fsp3) is 0.130. The number of anilines is 2. The molecule has 1 aliphatic rings. The van der Waals surface area contributed by atoms with Crippen molar-refractivity contribution in [2.45, 2.75) is 0 Å². The van der Waals surface area contributed by atoms with Crippen molar-refractivity contribution in [3.8, 4) is 0 Å². The van der Waals surface area contributed by atoms with Crippen LogP contribution in [0.25, 0.3) is 0 Å². The normalized spacial score (nSPS) is 13.0. The predicted octanol–water partition coefficient (Wildman–Crippen LogP) is 4.18. The fourth-order valence-electron chi connectivity index (χ4n) is 3.30. The quantitative estimate of drug-likeness (QED) is 0.555. The van der Waals surface area contributed by atoms with E-state index in [0.29, 0.717) is 23.8 Å². The summed E-state index contributed by atoms with van der Waals surface area (Å²) in [5.74, 6) is -0.712. The monoisotopic (exact) mass is 495 g/mol. The number of hydrogen-bond acceptors (Lipinski definition) is 5.